The van der Waals surface area contributed by atoms with E-state index in [1.54, 1.807) is 4.90 Å². The summed E-state index contributed by atoms with van der Waals surface area (Å²) in [5.74, 6) is 2.27. The second-order valence-electron chi connectivity index (χ2n) is 10.0. The first kappa shape index (κ1) is 25.3. The number of hydrogen-bond donors (Lipinski definition) is 1. The number of hydrogen-bond acceptors (Lipinski definition) is 8. The molecule has 3 aromatic rings. The quantitative estimate of drug-likeness (QED) is 0.565. The first-order valence-corrected chi connectivity index (χ1v) is 13.1. The van der Waals surface area contributed by atoms with Gasteiger partial charge < -0.3 is 29.9 Å². The van der Waals surface area contributed by atoms with E-state index in [0.29, 0.717) is 44.1 Å². The maximum Gasteiger partial charge on any atom is 0.257 e. The molecule has 198 valence electrons. The van der Waals surface area contributed by atoms with Gasteiger partial charge in [0.2, 0.25) is 0 Å². The minimum absolute atomic E-state index is 0.104. The fourth-order valence-corrected chi connectivity index (χ4v) is 5.13. The largest absolute Gasteiger partial charge is 0.490 e. The Hall–Kier alpha value is -3.37. The Kier molecular flexibility index (Phi) is 7.21. The Morgan fingerprint density at radius 1 is 1.11 bits per heavy atom. The molecule has 4 heterocycles. The Morgan fingerprint density at radius 3 is 2.70 bits per heavy atom. The molecule has 1 fully saturated rings. The highest BCUT2D eigenvalue weighted by Gasteiger charge is 2.28. The van der Waals surface area contributed by atoms with Crippen molar-refractivity contribution < 1.29 is 14.3 Å². The van der Waals surface area contributed by atoms with Gasteiger partial charge in [-0.3, -0.25) is 4.79 Å². The summed E-state index contributed by atoms with van der Waals surface area (Å²) in [6, 6.07) is 9.70. The van der Waals surface area contributed by atoms with Crippen LogP contribution in [0.1, 0.15) is 47.4 Å². The third-order valence-corrected chi connectivity index (χ3v) is 7.29. The van der Waals surface area contributed by atoms with Gasteiger partial charge >= 0.3 is 0 Å². The highest BCUT2D eigenvalue weighted by molar-refractivity contribution is 5.97. The highest BCUT2D eigenvalue weighted by Crippen LogP contribution is 2.31. The van der Waals surface area contributed by atoms with Gasteiger partial charge in [0, 0.05) is 51.9 Å². The second kappa shape index (κ2) is 10.5. The third kappa shape index (κ3) is 5.08. The zero-order valence-electron chi connectivity index (χ0n) is 22.2. The number of carbonyl (C=O) groups excluding carboxylic acids is 1. The van der Waals surface area contributed by atoms with Gasteiger partial charge in [-0.05, 0) is 31.9 Å². The number of aryl methyl sites for hydroxylation is 1. The Balaban J connectivity index is 1.59. The monoisotopic (exact) mass is 507 g/mol. The molecule has 10 nitrogen and oxygen atoms in total. The molecule has 37 heavy (non-hydrogen) atoms. The third-order valence-electron chi connectivity index (χ3n) is 7.29. The fraction of sp³-hybridized carbons (Fsp3) is 0.519. The van der Waals surface area contributed by atoms with E-state index < -0.39 is 0 Å². The summed E-state index contributed by atoms with van der Waals surface area (Å²) in [7, 11) is 3.86. The minimum atomic E-state index is -0.222. The summed E-state index contributed by atoms with van der Waals surface area (Å²) in [4.78, 5) is 24.8. The van der Waals surface area contributed by atoms with Gasteiger partial charge in [0.15, 0.2) is 5.65 Å². The molecule has 2 atom stereocenters. The van der Waals surface area contributed by atoms with Crippen molar-refractivity contribution in [3.05, 3.63) is 47.2 Å². The van der Waals surface area contributed by atoms with Crippen LogP contribution in [0, 0.1) is 6.92 Å². The molecule has 2 aliphatic heterocycles. The van der Waals surface area contributed by atoms with Crippen LogP contribution in [0.5, 0.6) is 5.75 Å². The predicted octanol–water partition coefficient (Wildman–Crippen LogP) is 2.64. The lowest BCUT2D eigenvalue weighted by atomic mass is 10.1. The Bertz CT molecular complexity index is 1280. The van der Waals surface area contributed by atoms with Crippen molar-refractivity contribution in [3.8, 4) is 5.75 Å². The number of nitrogens with zero attached hydrogens (tertiary/aromatic N) is 6. The van der Waals surface area contributed by atoms with E-state index in [1.807, 2.05) is 49.8 Å². The zero-order chi connectivity index (χ0) is 26.1. The molecule has 1 amide bonds. The summed E-state index contributed by atoms with van der Waals surface area (Å²) in [5, 5.41) is 4.97. The predicted molar refractivity (Wildman–Crippen MR) is 144 cm³/mol. The molecule has 0 aliphatic carbocycles. The van der Waals surface area contributed by atoms with Crippen LogP contribution in [0.25, 0.3) is 5.65 Å². The smallest absolute Gasteiger partial charge is 0.257 e. The molecule has 2 bridgehead atoms. The molecular weight excluding hydrogens is 470 g/mol. The molecule has 2 unspecified atom stereocenters. The van der Waals surface area contributed by atoms with E-state index in [2.05, 4.69) is 22.8 Å². The van der Waals surface area contributed by atoms with Crippen LogP contribution in [-0.2, 0) is 4.74 Å². The van der Waals surface area contributed by atoms with Crippen molar-refractivity contribution in [2.75, 3.05) is 63.4 Å². The molecule has 5 rings (SSSR count). The molecule has 2 N–H and O–H groups in total. The number of nitrogens with two attached hydrogens (primary N) is 1. The lowest BCUT2D eigenvalue weighted by molar-refractivity contribution is 0.0711. The molecule has 1 aromatic carbocycles. The van der Waals surface area contributed by atoms with E-state index in [-0.39, 0.29) is 18.0 Å². The van der Waals surface area contributed by atoms with Gasteiger partial charge in [-0.2, -0.15) is 9.61 Å². The number of amides is 1. The number of ether oxygens (including phenoxy) is 2. The number of carbonyl (C=O) groups is 1. The van der Waals surface area contributed by atoms with E-state index in [0.717, 1.165) is 48.1 Å². The molecule has 1 saturated heterocycles. The van der Waals surface area contributed by atoms with Gasteiger partial charge in [0.1, 0.15) is 24.0 Å². The average Bonchev–Trinajstić information content (AvgIpc) is 3.51. The number of fused-ring (bicyclic) bond motifs is 2. The second-order valence-corrected chi connectivity index (χ2v) is 10.0. The van der Waals surface area contributed by atoms with Crippen LogP contribution in [0.15, 0.2) is 30.3 Å². The number of likely N-dealkylation sites (N-methyl/N-ethyl adjacent to an activating group) is 1. The van der Waals surface area contributed by atoms with Crippen molar-refractivity contribution in [1.82, 2.24) is 19.5 Å². The first-order chi connectivity index (χ1) is 17.9. The number of rotatable bonds is 2. The summed E-state index contributed by atoms with van der Waals surface area (Å²) >= 11 is 0. The van der Waals surface area contributed by atoms with E-state index in [1.165, 1.54) is 0 Å². The van der Waals surface area contributed by atoms with Crippen molar-refractivity contribution in [3.63, 3.8) is 0 Å². The van der Waals surface area contributed by atoms with Crippen LogP contribution in [0.3, 0.4) is 0 Å². The lowest BCUT2D eigenvalue weighted by Crippen LogP contribution is -2.32. The molecule has 10 heteroatoms. The summed E-state index contributed by atoms with van der Waals surface area (Å²) in [6.07, 6.45) is 1.66. The molecule has 2 aromatic heterocycles. The fourth-order valence-electron chi connectivity index (χ4n) is 5.13. The van der Waals surface area contributed by atoms with Gasteiger partial charge in [0.05, 0.1) is 30.5 Å². The highest BCUT2D eigenvalue weighted by atomic mass is 16.5. The standard InChI is InChI=1S/C27H37N7O3/c1-5-22-21-15-25-29-24(33-9-8-19(28)17-33)16-26(34(25)30-21)31(3)10-11-36-12-13-37-23-7-6-18(2)14-20(23)27(35)32(22)4/h6-7,14-16,19,22H,5,8-13,17,28H2,1-4H3. The first-order valence-electron chi connectivity index (χ1n) is 13.1. The molecule has 0 spiro atoms. The number of benzene rings is 1. The summed E-state index contributed by atoms with van der Waals surface area (Å²) in [6.45, 7) is 7.71. The van der Waals surface area contributed by atoms with Crippen molar-refractivity contribution >= 4 is 23.2 Å². The van der Waals surface area contributed by atoms with E-state index >= 15 is 0 Å². The Labute approximate surface area is 217 Å². The topological polar surface area (TPSA) is 101 Å². The zero-order valence-corrected chi connectivity index (χ0v) is 22.2. The maximum absolute atomic E-state index is 13.7. The minimum Gasteiger partial charge on any atom is -0.490 e. The number of anilines is 2. The van der Waals surface area contributed by atoms with Crippen LogP contribution >= 0.6 is 0 Å². The lowest BCUT2D eigenvalue weighted by Gasteiger charge is -2.27. The summed E-state index contributed by atoms with van der Waals surface area (Å²) in [5.41, 5.74) is 9.29. The van der Waals surface area contributed by atoms with Crippen molar-refractivity contribution in [1.29, 1.82) is 0 Å². The average molecular weight is 508 g/mol. The SMILES string of the molecule is CCC1c2cc3nc(N4CCC(N)C4)cc(n3n2)N(C)CCOCCOc2ccc(C)cc2C(=O)N1C. The van der Waals surface area contributed by atoms with Crippen LogP contribution in [0.4, 0.5) is 11.6 Å². The van der Waals surface area contributed by atoms with Crippen LogP contribution < -0.4 is 20.3 Å². The van der Waals surface area contributed by atoms with Crippen LogP contribution in [0.2, 0.25) is 0 Å². The van der Waals surface area contributed by atoms with Crippen LogP contribution in [-0.4, -0.2) is 85.0 Å². The molecular formula is C27H37N7O3. The van der Waals surface area contributed by atoms with Crippen molar-refractivity contribution in [2.45, 2.75) is 38.8 Å². The normalized spacial score (nSPS) is 21.5. The van der Waals surface area contributed by atoms with Gasteiger partial charge in [0.25, 0.3) is 5.91 Å². The molecule has 0 saturated carbocycles. The molecule has 2 aliphatic rings. The maximum atomic E-state index is 13.7. The van der Waals surface area contributed by atoms with Gasteiger partial charge in [-0.1, -0.05) is 18.6 Å². The van der Waals surface area contributed by atoms with Gasteiger partial charge in [-0.15, -0.1) is 0 Å². The Morgan fingerprint density at radius 2 is 1.95 bits per heavy atom. The van der Waals surface area contributed by atoms with E-state index in [4.69, 9.17) is 25.3 Å². The van der Waals surface area contributed by atoms with Gasteiger partial charge in [-0.25, -0.2) is 4.98 Å². The number of aromatic nitrogens is 3. The van der Waals surface area contributed by atoms with Crippen molar-refractivity contribution in [2.24, 2.45) is 5.73 Å². The summed E-state index contributed by atoms with van der Waals surface area (Å²) < 4.78 is 13.7. The van der Waals surface area contributed by atoms with E-state index in [9.17, 15) is 4.79 Å². The molecule has 0 radical (unpaired) electrons.